The fourth-order valence-electron chi connectivity index (χ4n) is 3.38. The minimum atomic E-state index is -3.03. The first-order chi connectivity index (χ1) is 11.9. The molecule has 2 aliphatic heterocycles. The number of hydrogen-bond donors (Lipinski definition) is 0. The summed E-state index contributed by atoms with van der Waals surface area (Å²) in [7, 11) is -0.942. The Hall–Kier alpha value is -1.74. The highest BCUT2D eigenvalue weighted by Gasteiger charge is 2.34. The smallest absolute Gasteiger partial charge is 0.274 e. The van der Waals surface area contributed by atoms with Crippen LogP contribution < -0.4 is 4.90 Å². The number of piperazine rings is 1. The Morgan fingerprint density at radius 1 is 1.24 bits per heavy atom. The van der Waals surface area contributed by atoms with Crippen LogP contribution in [0.1, 0.15) is 23.8 Å². The van der Waals surface area contributed by atoms with Gasteiger partial charge in [0.15, 0.2) is 21.3 Å². The van der Waals surface area contributed by atoms with E-state index in [1.54, 1.807) is 11.0 Å². The lowest BCUT2D eigenvalue weighted by Crippen LogP contribution is -2.45. The van der Waals surface area contributed by atoms with Gasteiger partial charge in [-0.15, -0.1) is 10.2 Å². The monoisotopic (exact) mass is 367 g/mol. The molecule has 3 heterocycles. The van der Waals surface area contributed by atoms with Crippen molar-refractivity contribution < 1.29 is 13.2 Å². The second-order valence-electron chi connectivity index (χ2n) is 6.72. The molecule has 0 aliphatic carbocycles. The zero-order valence-corrected chi connectivity index (χ0v) is 15.6. The maximum absolute atomic E-state index is 12.7. The van der Waals surface area contributed by atoms with E-state index in [4.69, 9.17) is 0 Å². The van der Waals surface area contributed by atoms with E-state index in [1.807, 2.05) is 13.0 Å². The average Bonchev–Trinajstić information content (AvgIpc) is 2.96. The van der Waals surface area contributed by atoms with Crippen molar-refractivity contribution in [2.24, 2.45) is 0 Å². The summed E-state index contributed by atoms with van der Waals surface area (Å²) in [5, 5.41) is 8.32. The van der Waals surface area contributed by atoms with E-state index >= 15 is 0 Å². The molecular formula is C16H25N5O3S. The van der Waals surface area contributed by atoms with Crippen LogP contribution in [0.15, 0.2) is 12.1 Å². The Kier molecular flexibility index (Phi) is 5.24. The highest BCUT2D eigenvalue weighted by Crippen LogP contribution is 2.20. The van der Waals surface area contributed by atoms with Crippen molar-refractivity contribution in [3.8, 4) is 0 Å². The molecule has 0 radical (unpaired) electrons. The molecule has 138 valence electrons. The van der Waals surface area contributed by atoms with Gasteiger partial charge < -0.3 is 14.7 Å². The molecule has 0 spiro atoms. The zero-order valence-electron chi connectivity index (χ0n) is 14.8. The van der Waals surface area contributed by atoms with Gasteiger partial charge >= 0.3 is 0 Å². The second kappa shape index (κ2) is 7.25. The molecule has 25 heavy (non-hydrogen) atoms. The number of rotatable bonds is 4. The SMILES string of the molecule is CCN(C(=O)c1ccc(N2CCN(C)CC2)nn1)C1CCS(=O)(=O)C1. The molecule has 2 fully saturated rings. The number of sulfone groups is 1. The predicted octanol–water partition coefficient (Wildman–Crippen LogP) is -0.122. The third-order valence-electron chi connectivity index (χ3n) is 4.95. The molecule has 8 nitrogen and oxygen atoms in total. The third kappa shape index (κ3) is 4.09. The molecular weight excluding hydrogens is 342 g/mol. The molecule has 0 N–H and O–H groups in total. The first-order valence-electron chi connectivity index (χ1n) is 8.68. The molecule has 1 aromatic heterocycles. The molecule has 1 atom stereocenters. The number of amides is 1. The standard InChI is InChI=1S/C16H25N5O3S/c1-3-21(13-6-11-25(23,24)12-13)16(22)14-4-5-15(18-17-14)20-9-7-19(2)8-10-20/h4-5,13H,3,6-12H2,1-2H3. The first-order valence-corrected chi connectivity index (χ1v) is 10.5. The van der Waals surface area contributed by atoms with E-state index in [1.165, 1.54) is 0 Å². The van der Waals surface area contributed by atoms with Crippen LogP contribution >= 0.6 is 0 Å². The van der Waals surface area contributed by atoms with Gasteiger partial charge in [-0.2, -0.15) is 0 Å². The summed E-state index contributed by atoms with van der Waals surface area (Å²) in [6.07, 6.45) is 0.495. The number of carbonyl (C=O) groups excluding carboxylic acids is 1. The van der Waals surface area contributed by atoms with Crippen molar-refractivity contribution in [2.45, 2.75) is 19.4 Å². The summed E-state index contributed by atoms with van der Waals surface area (Å²) in [6, 6.07) is 3.25. The summed E-state index contributed by atoms with van der Waals surface area (Å²) < 4.78 is 23.4. The predicted molar refractivity (Wildman–Crippen MR) is 95.5 cm³/mol. The van der Waals surface area contributed by atoms with Crippen LogP contribution in [-0.2, 0) is 9.84 Å². The third-order valence-corrected chi connectivity index (χ3v) is 6.70. The first kappa shape index (κ1) is 18.1. The molecule has 2 aliphatic rings. The highest BCUT2D eigenvalue weighted by atomic mass is 32.2. The quantitative estimate of drug-likeness (QED) is 0.733. The second-order valence-corrected chi connectivity index (χ2v) is 8.94. The van der Waals surface area contributed by atoms with Crippen LogP contribution in [0.2, 0.25) is 0 Å². The summed E-state index contributed by atoms with van der Waals surface area (Å²) in [6.45, 7) is 6.04. The number of hydrogen-bond acceptors (Lipinski definition) is 7. The van der Waals surface area contributed by atoms with Gasteiger partial charge in [0.25, 0.3) is 5.91 Å². The summed E-state index contributed by atoms with van der Waals surface area (Å²) in [5.74, 6) is 0.715. The largest absolute Gasteiger partial charge is 0.353 e. The molecule has 2 saturated heterocycles. The van der Waals surface area contributed by atoms with Crippen LogP contribution in [0.5, 0.6) is 0 Å². The summed E-state index contributed by atoms with van der Waals surface area (Å²) >= 11 is 0. The fraction of sp³-hybridized carbons (Fsp3) is 0.688. The number of carbonyl (C=O) groups is 1. The minimum absolute atomic E-state index is 0.0411. The maximum atomic E-state index is 12.7. The van der Waals surface area contributed by atoms with E-state index in [0.29, 0.717) is 13.0 Å². The molecule has 0 bridgehead atoms. The van der Waals surface area contributed by atoms with Gasteiger partial charge in [-0.1, -0.05) is 0 Å². The van der Waals surface area contributed by atoms with E-state index in [-0.39, 0.29) is 29.1 Å². The van der Waals surface area contributed by atoms with Gasteiger partial charge in [0.05, 0.1) is 11.5 Å². The normalized spacial score (nSPS) is 23.6. The van der Waals surface area contributed by atoms with Crippen molar-refractivity contribution in [3.63, 3.8) is 0 Å². The lowest BCUT2D eigenvalue weighted by Gasteiger charge is -2.33. The van der Waals surface area contributed by atoms with Gasteiger partial charge in [-0.05, 0) is 32.5 Å². The highest BCUT2D eigenvalue weighted by molar-refractivity contribution is 7.91. The Morgan fingerprint density at radius 3 is 2.48 bits per heavy atom. The average molecular weight is 367 g/mol. The minimum Gasteiger partial charge on any atom is -0.353 e. The topological polar surface area (TPSA) is 86.7 Å². The Labute approximate surface area is 148 Å². The summed E-state index contributed by atoms with van der Waals surface area (Å²) in [4.78, 5) is 18.7. The van der Waals surface area contributed by atoms with E-state index in [2.05, 4.69) is 27.0 Å². The van der Waals surface area contributed by atoms with Crippen LogP contribution in [0.4, 0.5) is 5.82 Å². The van der Waals surface area contributed by atoms with E-state index in [9.17, 15) is 13.2 Å². The van der Waals surface area contributed by atoms with Gasteiger partial charge in [0.2, 0.25) is 0 Å². The van der Waals surface area contributed by atoms with Crippen LogP contribution in [-0.4, -0.2) is 91.6 Å². The number of aromatic nitrogens is 2. The maximum Gasteiger partial charge on any atom is 0.274 e. The molecule has 1 amide bonds. The molecule has 3 rings (SSSR count). The van der Waals surface area contributed by atoms with Gasteiger partial charge in [-0.3, -0.25) is 4.79 Å². The molecule has 0 saturated carbocycles. The van der Waals surface area contributed by atoms with Crippen molar-refractivity contribution in [3.05, 3.63) is 17.8 Å². The lowest BCUT2D eigenvalue weighted by atomic mass is 10.2. The Bertz CT molecular complexity index is 714. The Balaban J connectivity index is 1.69. The number of anilines is 1. The molecule has 1 unspecified atom stereocenters. The van der Waals surface area contributed by atoms with Crippen molar-refractivity contribution in [2.75, 3.05) is 56.2 Å². The van der Waals surface area contributed by atoms with Gasteiger partial charge in [0.1, 0.15) is 0 Å². The van der Waals surface area contributed by atoms with Crippen molar-refractivity contribution in [1.82, 2.24) is 20.0 Å². The van der Waals surface area contributed by atoms with Crippen molar-refractivity contribution >= 4 is 21.6 Å². The molecule has 9 heteroatoms. The molecule has 0 aromatic carbocycles. The molecule has 1 aromatic rings. The zero-order chi connectivity index (χ0) is 18.0. The lowest BCUT2D eigenvalue weighted by molar-refractivity contribution is 0.0701. The van der Waals surface area contributed by atoms with E-state index in [0.717, 1.165) is 32.0 Å². The van der Waals surface area contributed by atoms with Crippen LogP contribution in [0, 0.1) is 0 Å². The van der Waals surface area contributed by atoms with Crippen molar-refractivity contribution in [1.29, 1.82) is 0 Å². The fourth-order valence-corrected chi connectivity index (χ4v) is 5.11. The summed E-state index contributed by atoms with van der Waals surface area (Å²) in [5.41, 5.74) is 0.268. The number of nitrogens with zero attached hydrogens (tertiary/aromatic N) is 5. The van der Waals surface area contributed by atoms with Crippen LogP contribution in [0.25, 0.3) is 0 Å². The van der Waals surface area contributed by atoms with Crippen LogP contribution in [0.3, 0.4) is 0 Å². The van der Waals surface area contributed by atoms with Gasteiger partial charge in [-0.25, -0.2) is 8.42 Å². The van der Waals surface area contributed by atoms with Gasteiger partial charge in [0, 0.05) is 38.8 Å². The number of likely N-dealkylation sites (N-methyl/N-ethyl adjacent to an activating group) is 1. The van der Waals surface area contributed by atoms with E-state index < -0.39 is 9.84 Å². The Morgan fingerprint density at radius 2 is 1.96 bits per heavy atom.